The van der Waals surface area contributed by atoms with Crippen LogP contribution in [0.2, 0.25) is 5.02 Å². The van der Waals surface area contributed by atoms with E-state index in [4.69, 9.17) is 11.6 Å². The van der Waals surface area contributed by atoms with Gasteiger partial charge in [0.25, 0.3) is 0 Å². The van der Waals surface area contributed by atoms with Gasteiger partial charge in [-0.1, -0.05) is 11.6 Å². The van der Waals surface area contributed by atoms with Crippen LogP contribution in [0.1, 0.15) is 29.8 Å². The summed E-state index contributed by atoms with van der Waals surface area (Å²) in [6.45, 7) is 6.16. The van der Waals surface area contributed by atoms with Crippen LogP contribution in [-0.2, 0) is 0 Å². The van der Waals surface area contributed by atoms with Gasteiger partial charge in [-0.05, 0) is 44.0 Å². The number of aryl methyl sites for hydroxylation is 2. The molecule has 0 radical (unpaired) electrons. The fraction of sp³-hybridized carbons (Fsp3) is 0.286. The zero-order chi connectivity index (χ0) is 13.1. The van der Waals surface area contributed by atoms with E-state index in [-0.39, 0.29) is 6.04 Å². The summed E-state index contributed by atoms with van der Waals surface area (Å²) in [5.74, 6) is 0. The lowest BCUT2D eigenvalue weighted by molar-refractivity contribution is 0.827. The van der Waals surface area contributed by atoms with Gasteiger partial charge in [-0.2, -0.15) is 0 Å². The lowest BCUT2D eigenvalue weighted by Gasteiger charge is -2.16. The smallest absolute Gasteiger partial charge is 0.0806 e. The van der Waals surface area contributed by atoms with Crippen LogP contribution < -0.4 is 5.32 Å². The largest absolute Gasteiger partial charge is 0.376 e. The Morgan fingerprint density at radius 3 is 2.56 bits per heavy atom. The number of aromatic nitrogens is 2. The second-order valence-corrected chi connectivity index (χ2v) is 4.82. The molecule has 0 amide bonds. The van der Waals surface area contributed by atoms with Crippen molar-refractivity contribution < 1.29 is 0 Å². The Morgan fingerprint density at radius 2 is 1.89 bits per heavy atom. The molecule has 0 aliphatic rings. The van der Waals surface area contributed by atoms with Gasteiger partial charge in [-0.25, -0.2) is 0 Å². The molecule has 0 bridgehead atoms. The van der Waals surface area contributed by atoms with Crippen LogP contribution in [0.15, 0.2) is 30.7 Å². The normalized spacial score (nSPS) is 12.2. The highest BCUT2D eigenvalue weighted by Gasteiger charge is 2.10. The molecule has 1 N–H and O–H groups in total. The molecule has 1 atom stereocenters. The minimum Gasteiger partial charge on any atom is -0.376 e. The molecule has 0 aliphatic heterocycles. The van der Waals surface area contributed by atoms with Crippen LogP contribution in [0.25, 0.3) is 0 Å². The minimum atomic E-state index is 0.0679. The first-order valence-corrected chi connectivity index (χ1v) is 6.25. The Hall–Kier alpha value is -1.61. The predicted octanol–water partition coefficient (Wildman–Crippen LogP) is 3.92. The number of rotatable bonds is 3. The number of nitrogens with zero attached hydrogens (tertiary/aromatic N) is 2. The van der Waals surface area contributed by atoms with Crippen LogP contribution in [0.4, 0.5) is 5.69 Å². The summed E-state index contributed by atoms with van der Waals surface area (Å²) in [4.78, 5) is 8.34. The van der Waals surface area contributed by atoms with E-state index in [1.165, 1.54) is 11.1 Å². The summed E-state index contributed by atoms with van der Waals surface area (Å²) < 4.78 is 0. The van der Waals surface area contributed by atoms with E-state index in [1.807, 2.05) is 13.0 Å². The molecule has 0 aliphatic carbocycles. The molecule has 0 saturated heterocycles. The molecule has 0 saturated carbocycles. The van der Waals surface area contributed by atoms with Gasteiger partial charge in [0.2, 0.25) is 0 Å². The molecule has 1 unspecified atom stereocenters. The Labute approximate surface area is 112 Å². The topological polar surface area (TPSA) is 37.8 Å². The van der Waals surface area contributed by atoms with Gasteiger partial charge in [-0.15, -0.1) is 0 Å². The van der Waals surface area contributed by atoms with E-state index < -0.39 is 0 Å². The van der Waals surface area contributed by atoms with E-state index in [2.05, 4.69) is 35.2 Å². The summed E-state index contributed by atoms with van der Waals surface area (Å²) in [6.07, 6.45) is 5.11. The van der Waals surface area contributed by atoms with E-state index in [0.29, 0.717) is 0 Å². The van der Waals surface area contributed by atoms with Gasteiger partial charge >= 0.3 is 0 Å². The molecule has 1 aromatic heterocycles. The average molecular weight is 262 g/mol. The molecule has 1 aromatic carbocycles. The first-order valence-electron chi connectivity index (χ1n) is 5.87. The van der Waals surface area contributed by atoms with Crippen molar-refractivity contribution in [3.05, 3.63) is 52.6 Å². The first kappa shape index (κ1) is 12.8. The molecule has 0 fully saturated rings. The van der Waals surface area contributed by atoms with Gasteiger partial charge in [0.15, 0.2) is 0 Å². The van der Waals surface area contributed by atoms with Crippen LogP contribution in [0, 0.1) is 13.8 Å². The van der Waals surface area contributed by atoms with Crippen molar-refractivity contribution >= 4 is 17.3 Å². The summed E-state index contributed by atoms with van der Waals surface area (Å²) in [7, 11) is 0. The predicted molar refractivity (Wildman–Crippen MR) is 75.0 cm³/mol. The van der Waals surface area contributed by atoms with Gasteiger partial charge in [-0.3, -0.25) is 9.97 Å². The van der Waals surface area contributed by atoms with E-state index in [9.17, 15) is 0 Å². The van der Waals surface area contributed by atoms with Gasteiger partial charge < -0.3 is 5.32 Å². The van der Waals surface area contributed by atoms with Crippen LogP contribution in [0.5, 0.6) is 0 Å². The highest BCUT2D eigenvalue weighted by atomic mass is 35.5. The Kier molecular flexibility index (Phi) is 3.82. The Bertz CT molecular complexity index is 540. The molecule has 1 heterocycles. The van der Waals surface area contributed by atoms with Crippen LogP contribution in [-0.4, -0.2) is 9.97 Å². The van der Waals surface area contributed by atoms with E-state index in [0.717, 1.165) is 16.4 Å². The maximum atomic E-state index is 6.23. The van der Waals surface area contributed by atoms with Crippen molar-refractivity contribution in [3.8, 4) is 0 Å². The fourth-order valence-corrected chi connectivity index (χ4v) is 2.01. The van der Waals surface area contributed by atoms with Gasteiger partial charge in [0, 0.05) is 12.4 Å². The number of benzene rings is 1. The van der Waals surface area contributed by atoms with Crippen LogP contribution >= 0.6 is 11.6 Å². The first-order chi connectivity index (χ1) is 8.58. The highest BCUT2D eigenvalue weighted by molar-refractivity contribution is 6.33. The Morgan fingerprint density at radius 1 is 1.17 bits per heavy atom. The lowest BCUT2D eigenvalue weighted by Crippen LogP contribution is -2.09. The molecule has 18 heavy (non-hydrogen) atoms. The van der Waals surface area contributed by atoms with Gasteiger partial charge in [0.1, 0.15) is 0 Å². The van der Waals surface area contributed by atoms with Crippen molar-refractivity contribution in [1.82, 2.24) is 9.97 Å². The zero-order valence-electron chi connectivity index (χ0n) is 10.7. The number of halogens is 1. The Balaban J connectivity index is 2.22. The lowest BCUT2D eigenvalue weighted by atomic mass is 10.1. The number of nitrogens with one attached hydrogen (secondary N) is 1. The highest BCUT2D eigenvalue weighted by Crippen LogP contribution is 2.28. The average Bonchev–Trinajstić information content (AvgIpc) is 2.37. The summed E-state index contributed by atoms with van der Waals surface area (Å²) in [5.41, 5.74) is 4.23. The molecule has 3 nitrogen and oxygen atoms in total. The minimum absolute atomic E-state index is 0.0679. The standard InChI is InChI=1S/C14H16ClN3/c1-9-6-12(15)13(7-10(9)2)18-11(3)14-8-16-4-5-17-14/h4-8,11,18H,1-3H3. The molecule has 0 spiro atoms. The third kappa shape index (κ3) is 2.79. The third-order valence-electron chi connectivity index (χ3n) is 2.98. The van der Waals surface area contributed by atoms with E-state index >= 15 is 0 Å². The molecular weight excluding hydrogens is 246 g/mol. The molecule has 2 rings (SSSR count). The van der Waals surface area contributed by atoms with Crippen LogP contribution in [0.3, 0.4) is 0 Å². The molecule has 2 aromatic rings. The van der Waals surface area contributed by atoms with Gasteiger partial charge in [0.05, 0.1) is 28.6 Å². The third-order valence-corrected chi connectivity index (χ3v) is 3.29. The second-order valence-electron chi connectivity index (χ2n) is 4.41. The van der Waals surface area contributed by atoms with E-state index in [1.54, 1.807) is 18.6 Å². The summed E-state index contributed by atoms with van der Waals surface area (Å²) in [6, 6.07) is 4.10. The molecular formula is C14H16ClN3. The fourth-order valence-electron chi connectivity index (χ4n) is 1.73. The quantitative estimate of drug-likeness (QED) is 0.910. The second kappa shape index (κ2) is 5.36. The number of hydrogen-bond donors (Lipinski definition) is 1. The van der Waals surface area contributed by atoms with Crippen molar-refractivity contribution in [2.75, 3.05) is 5.32 Å². The molecule has 4 heteroatoms. The maximum absolute atomic E-state index is 6.23. The maximum Gasteiger partial charge on any atom is 0.0806 e. The van der Waals surface area contributed by atoms with Crippen molar-refractivity contribution in [1.29, 1.82) is 0 Å². The zero-order valence-corrected chi connectivity index (χ0v) is 11.5. The SMILES string of the molecule is Cc1cc(Cl)c(NC(C)c2cnccn2)cc1C. The summed E-state index contributed by atoms with van der Waals surface area (Å²) in [5, 5.41) is 4.09. The number of hydrogen-bond acceptors (Lipinski definition) is 3. The number of anilines is 1. The van der Waals surface area contributed by atoms with Crippen molar-refractivity contribution in [2.24, 2.45) is 0 Å². The van der Waals surface area contributed by atoms with Crippen molar-refractivity contribution in [2.45, 2.75) is 26.8 Å². The monoisotopic (exact) mass is 261 g/mol. The van der Waals surface area contributed by atoms with Crippen molar-refractivity contribution in [3.63, 3.8) is 0 Å². The summed E-state index contributed by atoms with van der Waals surface area (Å²) >= 11 is 6.23. The molecule has 94 valence electrons.